The zero-order valence-corrected chi connectivity index (χ0v) is 16.4. The molecule has 0 atom stereocenters. The van der Waals surface area contributed by atoms with Crippen LogP contribution >= 0.6 is 0 Å². The monoisotopic (exact) mass is 368 g/mol. The van der Waals surface area contributed by atoms with E-state index in [4.69, 9.17) is 0 Å². The number of hydrogen-bond donors (Lipinski definition) is 1. The van der Waals surface area contributed by atoms with Crippen molar-refractivity contribution < 1.29 is 4.92 Å². The maximum Gasteiger partial charge on any atom is 0.270 e. The first kappa shape index (κ1) is 20.4. The van der Waals surface area contributed by atoms with Gasteiger partial charge in [-0.25, -0.2) is 0 Å². The van der Waals surface area contributed by atoms with Crippen molar-refractivity contribution >= 4 is 23.3 Å². The molecule has 0 aromatic heterocycles. The summed E-state index contributed by atoms with van der Waals surface area (Å²) in [6.45, 7) is 10.4. The molecule has 2 rings (SSSR count). The first-order valence-electron chi connectivity index (χ1n) is 9.24. The highest BCUT2D eigenvalue weighted by atomic mass is 16.6. The third kappa shape index (κ3) is 6.40. The van der Waals surface area contributed by atoms with Crippen molar-refractivity contribution in [1.29, 1.82) is 0 Å². The van der Waals surface area contributed by atoms with Crippen LogP contribution < -0.4 is 10.3 Å². The average molecular weight is 368 g/mol. The summed E-state index contributed by atoms with van der Waals surface area (Å²) < 4.78 is 0. The molecule has 0 unspecified atom stereocenters. The lowest BCUT2D eigenvalue weighted by molar-refractivity contribution is -0.384. The normalized spacial score (nSPS) is 11.3. The summed E-state index contributed by atoms with van der Waals surface area (Å²) >= 11 is 0. The van der Waals surface area contributed by atoms with Gasteiger partial charge < -0.3 is 4.90 Å². The van der Waals surface area contributed by atoms with Crippen LogP contribution in [0.2, 0.25) is 0 Å². The molecule has 144 valence electrons. The Kier molecular flexibility index (Phi) is 7.34. The Labute approximate surface area is 161 Å². The van der Waals surface area contributed by atoms with Gasteiger partial charge >= 0.3 is 0 Å². The minimum atomic E-state index is -0.374. The molecule has 0 heterocycles. The number of benzene rings is 2. The van der Waals surface area contributed by atoms with E-state index in [1.165, 1.54) is 0 Å². The van der Waals surface area contributed by atoms with Gasteiger partial charge in [-0.1, -0.05) is 45.9 Å². The lowest BCUT2D eigenvalue weighted by Gasteiger charge is -2.29. The highest BCUT2D eigenvalue weighted by Crippen LogP contribution is 2.26. The molecular weight excluding hydrogens is 340 g/mol. The average Bonchev–Trinajstić information content (AvgIpc) is 2.61. The van der Waals surface area contributed by atoms with Crippen LogP contribution in [0.4, 0.5) is 17.1 Å². The van der Waals surface area contributed by atoms with E-state index in [1.807, 2.05) is 36.4 Å². The minimum absolute atomic E-state index is 0.0638. The Balaban J connectivity index is 2.35. The molecule has 2 aromatic rings. The quantitative estimate of drug-likeness (QED) is 0.377. The van der Waals surface area contributed by atoms with Crippen LogP contribution in [0.1, 0.15) is 33.3 Å². The molecule has 0 aliphatic rings. The fourth-order valence-corrected chi connectivity index (χ4v) is 2.89. The van der Waals surface area contributed by atoms with Crippen molar-refractivity contribution in [3.63, 3.8) is 0 Å². The van der Waals surface area contributed by atoms with Crippen LogP contribution in [0.15, 0.2) is 53.6 Å². The van der Waals surface area contributed by atoms with Gasteiger partial charge in [0.25, 0.3) is 5.69 Å². The molecule has 27 heavy (non-hydrogen) atoms. The van der Waals surface area contributed by atoms with Crippen molar-refractivity contribution in [3.8, 4) is 0 Å². The molecule has 0 aliphatic heterocycles. The summed E-state index contributed by atoms with van der Waals surface area (Å²) in [7, 11) is 0. The number of hydrazone groups is 1. The fourth-order valence-electron chi connectivity index (χ4n) is 2.89. The first-order valence-corrected chi connectivity index (χ1v) is 9.24. The molecule has 6 nitrogen and oxygen atoms in total. The lowest BCUT2D eigenvalue weighted by Crippen LogP contribution is -2.32. The molecule has 0 aliphatic carbocycles. The summed E-state index contributed by atoms with van der Waals surface area (Å²) in [4.78, 5) is 13.1. The van der Waals surface area contributed by atoms with Gasteiger partial charge in [-0.05, 0) is 30.0 Å². The zero-order chi connectivity index (χ0) is 19.8. The van der Waals surface area contributed by atoms with Crippen LogP contribution in [0.5, 0.6) is 0 Å². The Hall–Kier alpha value is -2.89. The van der Waals surface area contributed by atoms with E-state index in [0.29, 0.717) is 11.8 Å². The number of nitro groups is 1. The van der Waals surface area contributed by atoms with Crippen LogP contribution in [-0.2, 0) is 0 Å². The zero-order valence-electron chi connectivity index (χ0n) is 16.4. The van der Waals surface area contributed by atoms with Gasteiger partial charge in [-0.3, -0.25) is 15.5 Å². The molecule has 0 saturated carbocycles. The molecule has 1 N–H and O–H groups in total. The molecule has 0 radical (unpaired) electrons. The van der Waals surface area contributed by atoms with Crippen molar-refractivity contribution in [3.05, 3.63) is 64.2 Å². The third-order valence-electron chi connectivity index (χ3n) is 3.90. The number of nitrogens with zero attached hydrogens (tertiary/aromatic N) is 3. The molecule has 6 heteroatoms. The highest BCUT2D eigenvalue weighted by molar-refractivity contribution is 5.89. The Morgan fingerprint density at radius 2 is 1.70 bits per heavy atom. The minimum Gasteiger partial charge on any atom is -0.370 e. The van der Waals surface area contributed by atoms with E-state index < -0.39 is 0 Å². The summed E-state index contributed by atoms with van der Waals surface area (Å²) in [5, 5.41) is 15.5. The Bertz CT molecular complexity index is 763. The summed E-state index contributed by atoms with van der Waals surface area (Å²) in [6, 6.07) is 14.6. The number of nitro benzene ring substituents is 1. The van der Waals surface area contributed by atoms with E-state index in [1.54, 1.807) is 18.3 Å². The smallest absolute Gasteiger partial charge is 0.270 e. The Morgan fingerprint density at radius 1 is 1.07 bits per heavy atom. The molecule has 0 spiro atoms. The molecule has 0 amide bonds. The van der Waals surface area contributed by atoms with Gasteiger partial charge in [0, 0.05) is 36.5 Å². The van der Waals surface area contributed by atoms with Crippen LogP contribution in [0, 0.1) is 22.0 Å². The maximum atomic E-state index is 11.2. The molecule has 0 fully saturated rings. The maximum absolute atomic E-state index is 11.2. The number of rotatable bonds is 9. The lowest BCUT2D eigenvalue weighted by atomic mass is 10.1. The SMILES string of the molecule is CC(C)CN(CC(C)C)c1ccc([N+](=O)[O-])cc1C=NNc1ccccc1. The van der Waals surface area contributed by atoms with Crippen molar-refractivity contribution in [2.45, 2.75) is 27.7 Å². The summed E-state index contributed by atoms with van der Waals surface area (Å²) in [6.07, 6.45) is 1.66. The molecule has 0 saturated heterocycles. The highest BCUT2D eigenvalue weighted by Gasteiger charge is 2.17. The second-order valence-corrected chi connectivity index (χ2v) is 7.43. The Morgan fingerprint density at radius 3 is 2.26 bits per heavy atom. The second-order valence-electron chi connectivity index (χ2n) is 7.43. The number of nitrogens with one attached hydrogen (secondary N) is 1. The van der Waals surface area contributed by atoms with Gasteiger partial charge in [-0.15, -0.1) is 0 Å². The molecular formula is C21H28N4O2. The van der Waals surface area contributed by atoms with E-state index in [-0.39, 0.29) is 10.6 Å². The van der Waals surface area contributed by atoms with E-state index in [2.05, 4.69) is 43.1 Å². The predicted octanol–water partition coefficient (Wildman–Crippen LogP) is 5.16. The van der Waals surface area contributed by atoms with Crippen molar-refractivity contribution in [2.75, 3.05) is 23.4 Å². The van der Waals surface area contributed by atoms with Crippen LogP contribution in [0.25, 0.3) is 0 Å². The molecule has 0 bridgehead atoms. The largest absolute Gasteiger partial charge is 0.370 e. The first-order chi connectivity index (χ1) is 12.9. The number of non-ortho nitro benzene ring substituents is 1. The second kappa shape index (κ2) is 9.71. The number of para-hydroxylation sites is 1. The topological polar surface area (TPSA) is 70.8 Å². The third-order valence-corrected chi connectivity index (χ3v) is 3.90. The van der Waals surface area contributed by atoms with Crippen molar-refractivity contribution in [2.24, 2.45) is 16.9 Å². The van der Waals surface area contributed by atoms with Gasteiger partial charge in [-0.2, -0.15) is 5.10 Å². The van der Waals surface area contributed by atoms with E-state index >= 15 is 0 Å². The van der Waals surface area contributed by atoms with Crippen LogP contribution in [-0.4, -0.2) is 24.2 Å². The standard InChI is InChI=1S/C21H28N4O2/c1-16(2)14-24(15-17(3)4)21-11-10-20(25(26)27)12-18(21)13-22-23-19-8-6-5-7-9-19/h5-13,16-17,23H,14-15H2,1-4H3. The van der Waals surface area contributed by atoms with Crippen molar-refractivity contribution in [1.82, 2.24) is 0 Å². The summed E-state index contributed by atoms with van der Waals surface area (Å²) in [5.41, 5.74) is 5.59. The van der Waals surface area contributed by atoms with Gasteiger partial charge in [0.1, 0.15) is 0 Å². The fraction of sp³-hybridized carbons (Fsp3) is 0.381. The molecule has 2 aromatic carbocycles. The predicted molar refractivity (Wildman–Crippen MR) is 113 cm³/mol. The van der Waals surface area contributed by atoms with Gasteiger partial charge in [0.05, 0.1) is 16.8 Å². The van der Waals surface area contributed by atoms with E-state index in [0.717, 1.165) is 30.0 Å². The number of anilines is 2. The van der Waals surface area contributed by atoms with Gasteiger partial charge in [0.15, 0.2) is 0 Å². The van der Waals surface area contributed by atoms with Crippen LogP contribution in [0.3, 0.4) is 0 Å². The number of hydrogen-bond acceptors (Lipinski definition) is 5. The van der Waals surface area contributed by atoms with E-state index in [9.17, 15) is 10.1 Å². The van der Waals surface area contributed by atoms with Gasteiger partial charge in [0.2, 0.25) is 0 Å². The summed E-state index contributed by atoms with van der Waals surface area (Å²) in [5.74, 6) is 0.956.